The zero-order chi connectivity index (χ0) is 27.9. The van der Waals surface area contributed by atoms with Crippen LogP contribution in [-0.2, 0) is 20.7 Å². The number of carbonyl (C=O) groups excluding carboxylic acids is 3. The van der Waals surface area contributed by atoms with Crippen LogP contribution in [0.1, 0.15) is 29.3 Å². The lowest BCUT2D eigenvalue weighted by Crippen LogP contribution is -2.39. The molecule has 3 aromatic carbocycles. The molecule has 8 nitrogen and oxygen atoms in total. The fraction of sp³-hybridized carbons (Fsp3) is 0.241. The van der Waals surface area contributed by atoms with E-state index in [0.29, 0.717) is 35.0 Å². The summed E-state index contributed by atoms with van der Waals surface area (Å²) in [4.78, 5) is 42.0. The van der Waals surface area contributed by atoms with Crippen molar-refractivity contribution in [2.75, 3.05) is 30.5 Å². The molecule has 202 valence electrons. The quantitative estimate of drug-likeness (QED) is 0.186. The highest BCUT2D eigenvalue weighted by atomic mass is 127. The summed E-state index contributed by atoms with van der Waals surface area (Å²) in [6.07, 6.45) is 0.549. The summed E-state index contributed by atoms with van der Waals surface area (Å²) in [5.41, 5.74) is 2.60. The molecule has 1 fully saturated rings. The van der Waals surface area contributed by atoms with Gasteiger partial charge in [-0.05, 0) is 114 Å². The van der Waals surface area contributed by atoms with E-state index in [-0.39, 0.29) is 24.8 Å². The maximum atomic E-state index is 13.7. The van der Waals surface area contributed by atoms with Crippen molar-refractivity contribution < 1.29 is 23.9 Å². The third-order valence-electron chi connectivity index (χ3n) is 6.26. The summed E-state index contributed by atoms with van der Waals surface area (Å²) in [6.45, 7) is 2.45. The Kier molecular flexibility index (Phi) is 9.52. The van der Waals surface area contributed by atoms with E-state index >= 15 is 0 Å². The molecule has 10 heteroatoms. The van der Waals surface area contributed by atoms with Gasteiger partial charge in [0.25, 0.3) is 5.91 Å². The number of thiocarbonyl (C=S) groups is 1. The lowest BCUT2D eigenvalue weighted by atomic mass is 10.1. The summed E-state index contributed by atoms with van der Waals surface area (Å²) >= 11 is 7.96. The van der Waals surface area contributed by atoms with E-state index in [1.807, 2.05) is 48.5 Å². The summed E-state index contributed by atoms with van der Waals surface area (Å²) < 4.78 is 11.3. The lowest BCUT2D eigenvalue weighted by Gasteiger charge is -2.24. The van der Waals surface area contributed by atoms with Gasteiger partial charge in [-0.25, -0.2) is 4.79 Å². The van der Waals surface area contributed by atoms with Gasteiger partial charge >= 0.3 is 5.97 Å². The topological polar surface area (TPSA) is 88.2 Å². The molecule has 0 radical (unpaired) electrons. The highest BCUT2D eigenvalue weighted by Gasteiger charge is 2.44. The highest BCUT2D eigenvalue weighted by molar-refractivity contribution is 14.1. The fourth-order valence-electron chi connectivity index (χ4n) is 4.25. The average Bonchev–Trinajstić information content (AvgIpc) is 3.17. The number of nitrogens with zero attached hydrogens (tertiary/aromatic N) is 2. The Labute approximate surface area is 246 Å². The number of nitrogens with one attached hydrogen (secondary N) is 1. The first-order valence-electron chi connectivity index (χ1n) is 12.4. The molecule has 3 aromatic rings. The van der Waals surface area contributed by atoms with Gasteiger partial charge in [-0.15, -0.1) is 0 Å². The van der Waals surface area contributed by atoms with Gasteiger partial charge in [-0.1, -0.05) is 12.1 Å². The number of anilines is 2. The minimum Gasteiger partial charge on any atom is -0.497 e. The van der Waals surface area contributed by atoms with Gasteiger partial charge in [0.05, 0.1) is 31.4 Å². The molecular formula is C29H28IN3O5S. The van der Waals surface area contributed by atoms with Gasteiger partial charge in [0.15, 0.2) is 5.11 Å². The molecule has 0 aliphatic carbocycles. The van der Waals surface area contributed by atoms with Crippen LogP contribution < -0.4 is 15.0 Å². The zero-order valence-corrected chi connectivity index (χ0v) is 24.5. The van der Waals surface area contributed by atoms with Crippen molar-refractivity contribution in [2.45, 2.75) is 25.8 Å². The van der Waals surface area contributed by atoms with Crippen molar-refractivity contribution in [1.82, 2.24) is 4.90 Å². The minimum absolute atomic E-state index is 0.0645. The summed E-state index contributed by atoms with van der Waals surface area (Å²) in [7, 11) is 1.61. The number of benzene rings is 3. The van der Waals surface area contributed by atoms with E-state index in [1.54, 1.807) is 43.2 Å². The first-order chi connectivity index (χ1) is 18.8. The smallest absolute Gasteiger partial charge is 0.338 e. The monoisotopic (exact) mass is 657 g/mol. The fourth-order valence-corrected chi connectivity index (χ4v) is 5.02. The van der Waals surface area contributed by atoms with Crippen LogP contribution in [0.2, 0.25) is 0 Å². The van der Waals surface area contributed by atoms with Gasteiger partial charge in [-0.2, -0.15) is 0 Å². The van der Waals surface area contributed by atoms with E-state index in [0.717, 1.165) is 14.9 Å². The normalized spacial score (nSPS) is 14.9. The molecule has 39 heavy (non-hydrogen) atoms. The standard InChI is InChI=1S/C29H28IN3O5S/c1-3-38-28(36)20-6-12-23(13-7-20)33-27(35)25(18-26(34)31-22-10-8-21(30)9-11-22)32(29(33)39)17-16-19-4-14-24(37-2)15-5-19/h4-15,25H,3,16-18H2,1-2H3,(H,31,34). The molecule has 1 unspecified atom stereocenters. The highest BCUT2D eigenvalue weighted by Crippen LogP contribution is 2.28. The molecule has 1 N–H and O–H groups in total. The maximum absolute atomic E-state index is 13.7. The zero-order valence-electron chi connectivity index (χ0n) is 21.6. The first kappa shape index (κ1) is 28.5. The predicted molar refractivity (Wildman–Crippen MR) is 162 cm³/mol. The van der Waals surface area contributed by atoms with Crippen LogP contribution in [0.25, 0.3) is 0 Å². The van der Waals surface area contributed by atoms with Gasteiger partial charge in [0.1, 0.15) is 11.8 Å². The predicted octanol–water partition coefficient (Wildman–Crippen LogP) is 5.05. The molecule has 0 bridgehead atoms. The SMILES string of the molecule is CCOC(=O)c1ccc(N2C(=O)C(CC(=O)Nc3ccc(I)cc3)N(CCc3ccc(OC)cc3)C2=S)cc1. The lowest BCUT2D eigenvalue weighted by molar-refractivity contribution is -0.124. The van der Waals surface area contributed by atoms with E-state index in [1.165, 1.54) is 4.90 Å². The number of ether oxygens (including phenoxy) is 2. The minimum atomic E-state index is -0.774. The van der Waals surface area contributed by atoms with E-state index in [9.17, 15) is 14.4 Å². The van der Waals surface area contributed by atoms with Gasteiger partial charge in [0, 0.05) is 15.8 Å². The first-order valence-corrected chi connectivity index (χ1v) is 13.9. The van der Waals surface area contributed by atoms with Crippen molar-refractivity contribution in [3.05, 3.63) is 87.5 Å². The Bertz CT molecular complexity index is 1350. The Morgan fingerprint density at radius 1 is 1.00 bits per heavy atom. The van der Waals surface area contributed by atoms with Crippen molar-refractivity contribution in [2.24, 2.45) is 0 Å². The molecule has 0 spiro atoms. The molecule has 1 heterocycles. The van der Waals surface area contributed by atoms with Crippen molar-refractivity contribution in [3.63, 3.8) is 0 Å². The largest absolute Gasteiger partial charge is 0.497 e. The van der Waals surface area contributed by atoms with Crippen LogP contribution in [0.4, 0.5) is 11.4 Å². The number of halogens is 1. The number of rotatable bonds is 10. The summed E-state index contributed by atoms with van der Waals surface area (Å²) in [5.74, 6) is -0.262. The second-order valence-corrected chi connectivity index (χ2v) is 10.4. The van der Waals surface area contributed by atoms with E-state index in [2.05, 4.69) is 27.9 Å². The third kappa shape index (κ3) is 6.93. The third-order valence-corrected chi connectivity index (χ3v) is 7.40. The number of hydrogen-bond acceptors (Lipinski definition) is 6. The van der Waals surface area contributed by atoms with E-state index in [4.69, 9.17) is 21.7 Å². The summed E-state index contributed by atoms with van der Waals surface area (Å²) in [6, 6.07) is 20.9. The van der Waals surface area contributed by atoms with Gasteiger partial charge in [-0.3, -0.25) is 14.5 Å². The van der Waals surface area contributed by atoms with Crippen LogP contribution in [0.5, 0.6) is 5.75 Å². The van der Waals surface area contributed by atoms with Gasteiger partial charge in [0.2, 0.25) is 5.91 Å². The number of hydrogen-bond donors (Lipinski definition) is 1. The van der Waals surface area contributed by atoms with Crippen LogP contribution in [-0.4, -0.2) is 54.1 Å². The summed E-state index contributed by atoms with van der Waals surface area (Å²) in [5, 5.41) is 3.19. The number of amides is 2. The van der Waals surface area contributed by atoms with Crippen LogP contribution in [0.3, 0.4) is 0 Å². The Morgan fingerprint density at radius 2 is 1.67 bits per heavy atom. The second-order valence-electron chi connectivity index (χ2n) is 8.79. The van der Waals surface area contributed by atoms with Crippen molar-refractivity contribution >= 4 is 69.1 Å². The average molecular weight is 658 g/mol. The van der Waals surface area contributed by atoms with Crippen molar-refractivity contribution in [1.29, 1.82) is 0 Å². The molecule has 1 aliphatic rings. The molecule has 1 saturated heterocycles. The molecule has 1 aliphatic heterocycles. The Balaban J connectivity index is 1.55. The Morgan fingerprint density at radius 3 is 2.28 bits per heavy atom. The Hall–Kier alpha value is -3.51. The van der Waals surface area contributed by atoms with Crippen LogP contribution in [0.15, 0.2) is 72.8 Å². The second kappa shape index (κ2) is 13.0. The van der Waals surface area contributed by atoms with Crippen molar-refractivity contribution in [3.8, 4) is 5.75 Å². The van der Waals surface area contributed by atoms with E-state index < -0.39 is 12.0 Å². The maximum Gasteiger partial charge on any atom is 0.338 e. The molecule has 0 saturated carbocycles. The van der Waals surface area contributed by atoms with Crippen LogP contribution >= 0.6 is 34.8 Å². The van der Waals surface area contributed by atoms with Gasteiger partial charge < -0.3 is 19.7 Å². The molecule has 4 rings (SSSR count). The van der Waals surface area contributed by atoms with Crippen LogP contribution in [0, 0.1) is 3.57 Å². The number of carbonyl (C=O) groups is 3. The molecule has 2 amide bonds. The molecular weight excluding hydrogens is 629 g/mol. The number of esters is 1. The molecule has 1 atom stereocenters. The molecule has 0 aromatic heterocycles. The number of methoxy groups -OCH3 is 1.